The van der Waals surface area contributed by atoms with Crippen molar-refractivity contribution in [2.45, 2.75) is 6.54 Å². The second-order valence-corrected chi connectivity index (χ2v) is 5.86. The summed E-state index contributed by atoms with van der Waals surface area (Å²) in [5.74, 6) is -0.00642. The number of nitrogens with zero attached hydrogens (tertiary/aromatic N) is 2. The Morgan fingerprint density at radius 1 is 1.21 bits per heavy atom. The summed E-state index contributed by atoms with van der Waals surface area (Å²) in [6, 6.07) is 10.8. The lowest BCUT2D eigenvalue weighted by atomic mass is 10.2. The average molecular weight is 369 g/mol. The standard InChI is InChI=1S/C16H14Cl2N2O4/c1-19(9-11-5-6-14(17)15(18)7-11)16(21)10-24-13-4-2-3-12(8-13)20(22)23/h2-8H,9-10H2,1H3. The smallest absolute Gasteiger partial charge is 0.273 e. The van der Waals surface area contributed by atoms with Gasteiger partial charge in [-0.1, -0.05) is 35.3 Å². The van der Waals surface area contributed by atoms with Crippen LogP contribution in [0, 0.1) is 10.1 Å². The van der Waals surface area contributed by atoms with E-state index in [4.69, 9.17) is 27.9 Å². The van der Waals surface area contributed by atoms with Gasteiger partial charge in [-0.2, -0.15) is 0 Å². The minimum atomic E-state index is -0.523. The Morgan fingerprint density at radius 2 is 1.96 bits per heavy atom. The molecule has 0 fully saturated rings. The minimum Gasteiger partial charge on any atom is -0.484 e. The molecule has 0 aliphatic carbocycles. The number of ether oxygens (including phenoxy) is 1. The van der Waals surface area contributed by atoms with Crippen molar-refractivity contribution in [1.29, 1.82) is 0 Å². The lowest BCUT2D eigenvalue weighted by Gasteiger charge is -2.18. The molecule has 6 nitrogen and oxygen atoms in total. The molecule has 0 spiro atoms. The molecule has 0 bridgehead atoms. The second kappa shape index (κ2) is 7.99. The first kappa shape index (κ1) is 18.0. The molecule has 2 aromatic rings. The zero-order valence-corrected chi connectivity index (χ0v) is 14.3. The van der Waals surface area contributed by atoms with Crippen molar-refractivity contribution in [3.05, 3.63) is 68.2 Å². The van der Waals surface area contributed by atoms with Gasteiger partial charge in [0.1, 0.15) is 5.75 Å². The molecular weight excluding hydrogens is 355 g/mol. The van der Waals surface area contributed by atoms with E-state index in [0.29, 0.717) is 16.6 Å². The minimum absolute atomic E-state index is 0.0934. The van der Waals surface area contributed by atoms with Gasteiger partial charge in [-0.05, 0) is 23.8 Å². The normalized spacial score (nSPS) is 10.3. The zero-order valence-electron chi connectivity index (χ0n) is 12.7. The number of nitro benzene ring substituents is 1. The molecule has 0 aliphatic rings. The summed E-state index contributed by atoms with van der Waals surface area (Å²) in [7, 11) is 1.63. The summed E-state index contributed by atoms with van der Waals surface area (Å²) < 4.78 is 5.32. The predicted octanol–water partition coefficient (Wildman–Crippen LogP) is 3.94. The highest BCUT2D eigenvalue weighted by atomic mass is 35.5. The van der Waals surface area contributed by atoms with Gasteiger partial charge in [-0.15, -0.1) is 0 Å². The van der Waals surface area contributed by atoms with E-state index in [1.807, 2.05) is 0 Å². The zero-order chi connectivity index (χ0) is 17.7. The van der Waals surface area contributed by atoms with Crippen LogP contribution in [0.15, 0.2) is 42.5 Å². The third-order valence-electron chi connectivity index (χ3n) is 3.22. The van der Waals surface area contributed by atoms with Gasteiger partial charge in [0, 0.05) is 19.7 Å². The van der Waals surface area contributed by atoms with Gasteiger partial charge in [0.05, 0.1) is 21.0 Å². The number of benzene rings is 2. The van der Waals surface area contributed by atoms with Crippen molar-refractivity contribution in [1.82, 2.24) is 4.90 Å². The van der Waals surface area contributed by atoms with E-state index < -0.39 is 4.92 Å². The van der Waals surface area contributed by atoms with Crippen molar-refractivity contribution < 1.29 is 14.5 Å². The van der Waals surface area contributed by atoms with Crippen LogP contribution >= 0.6 is 23.2 Å². The van der Waals surface area contributed by atoms with Gasteiger partial charge >= 0.3 is 0 Å². The van der Waals surface area contributed by atoms with Gasteiger partial charge in [0.2, 0.25) is 0 Å². The molecule has 2 aromatic carbocycles. The molecule has 0 saturated heterocycles. The van der Waals surface area contributed by atoms with Crippen LogP contribution < -0.4 is 4.74 Å². The summed E-state index contributed by atoms with van der Waals surface area (Å²) in [5.41, 5.74) is 0.736. The quantitative estimate of drug-likeness (QED) is 0.571. The number of carbonyl (C=O) groups is 1. The van der Waals surface area contributed by atoms with E-state index in [2.05, 4.69) is 0 Å². The molecule has 0 unspecified atom stereocenters. The number of rotatable bonds is 6. The van der Waals surface area contributed by atoms with E-state index in [0.717, 1.165) is 5.56 Å². The van der Waals surface area contributed by atoms with Gasteiger partial charge < -0.3 is 9.64 Å². The van der Waals surface area contributed by atoms with Crippen LogP contribution in [-0.4, -0.2) is 29.4 Å². The van der Waals surface area contributed by atoms with Crippen molar-refractivity contribution in [2.24, 2.45) is 0 Å². The third-order valence-corrected chi connectivity index (χ3v) is 3.96. The molecule has 0 saturated carbocycles. The number of likely N-dealkylation sites (N-methyl/N-ethyl adjacent to an activating group) is 1. The fourth-order valence-electron chi connectivity index (χ4n) is 1.94. The molecule has 0 aliphatic heterocycles. The summed E-state index contributed by atoms with van der Waals surface area (Å²) >= 11 is 11.8. The van der Waals surface area contributed by atoms with Crippen molar-refractivity contribution in [2.75, 3.05) is 13.7 Å². The first-order chi connectivity index (χ1) is 11.4. The fraction of sp³-hybridized carbons (Fsp3) is 0.188. The molecule has 0 radical (unpaired) electrons. The van der Waals surface area contributed by atoms with Crippen LogP contribution in [-0.2, 0) is 11.3 Å². The number of nitro groups is 1. The number of amides is 1. The van der Waals surface area contributed by atoms with Crippen LogP contribution in [0.25, 0.3) is 0 Å². The topological polar surface area (TPSA) is 72.7 Å². The Bertz CT molecular complexity index is 767. The van der Waals surface area contributed by atoms with E-state index in [1.165, 1.54) is 23.1 Å². The molecule has 1 amide bonds. The summed E-state index contributed by atoms with van der Waals surface area (Å²) in [6.07, 6.45) is 0. The van der Waals surface area contributed by atoms with E-state index in [-0.39, 0.29) is 24.0 Å². The molecule has 126 valence electrons. The van der Waals surface area contributed by atoms with Crippen LogP contribution in [0.1, 0.15) is 5.56 Å². The first-order valence-electron chi connectivity index (χ1n) is 6.92. The predicted molar refractivity (Wildman–Crippen MR) is 91.5 cm³/mol. The van der Waals surface area contributed by atoms with Gasteiger partial charge in [-0.25, -0.2) is 0 Å². The second-order valence-electron chi connectivity index (χ2n) is 5.04. The fourth-order valence-corrected chi connectivity index (χ4v) is 2.26. The summed E-state index contributed by atoms with van der Waals surface area (Å²) in [4.78, 5) is 23.8. The maximum atomic E-state index is 12.1. The van der Waals surface area contributed by atoms with Crippen molar-refractivity contribution >= 4 is 34.8 Å². The van der Waals surface area contributed by atoms with Crippen LogP contribution in [0.4, 0.5) is 5.69 Å². The van der Waals surface area contributed by atoms with Gasteiger partial charge in [0.25, 0.3) is 11.6 Å². The Morgan fingerprint density at radius 3 is 2.62 bits per heavy atom. The van der Waals surface area contributed by atoms with E-state index in [9.17, 15) is 14.9 Å². The van der Waals surface area contributed by atoms with Crippen molar-refractivity contribution in [3.8, 4) is 5.75 Å². The molecule has 0 N–H and O–H groups in total. The largest absolute Gasteiger partial charge is 0.484 e. The van der Waals surface area contributed by atoms with Gasteiger partial charge in [-0.3, -0.25) is 14.9 Å². The molecule has 8 heteroatoms. The summed E-state index contributed by atoms with van der Waals surface area (Å²) in [6.45, 7) is 0.118. The Hall–Kier alpha value is -2.31. The lowest BCUT2D eigenvalue weighted by molar-refractivity contribution is -0.384. The highest BCUT2D eigenvalue weighted by molar-refractivity contribution is 6.42. The maximum Gasteiger partial charge on any atom is 0.273 e. The van der Waals surface area contributed by atoms with Crippen LogP contribution in [0.5, 0.6) is 5.75 Å². The SMILES string of the molecule is CN(Cc1ccc(Cl)c(Cl)c1)C(=O)COc1cccc([N+](=O)[O-])c1. The van der Waals surface area contributed by atoms with Crippen LogP contribution in [0.3, 0.4) is 0 Å². The number of hydrogen-bond donors (Lipinski definition) is 0. The number of hydrogen-bond acceptors (Lipinski definition) is 4. The van der Waals surface area contributed by atoms with Gasteiger partial charge in [0.15, 0.2) is 6.61 Å². The van der Waals surface area contributed by atoms with E-state index in [1.54, 1.807) is 31.3 Å². The monoisotopic (exact) mass is 368 g/mol. The highest BCUT2D eigenvalue weighted by Crippen LogP contribution is 2.23. The molecule has 0 heterocycles. The Kier molecular flexibility index (Phi) is 6.00. The first-order valence-corrected chi connectivity index (χ1v) is 7.67. The maximum absolute atomic E-state index is 12.1. The van der Waals surface area contributed by atoms with Crippen molar-refractivity contribution in [3.63, 3.8) is 0 Å². The lowest BCUT2D eigenvalue weighted by Crippen LogP contribution is -2.30. The molecule has 2 rings (SSSR count). The Balaban J connectivity index is 1.93. The number of carbonyl (C=O) groups excluding carboxylic acids is 1. The average Bonchev–Trinajstić information content (AvgIpc) is 2.56. The Labute approximate surface area is 148 Å². The summed E-state index contributed by atoms with van der Waals surface area (Å²) in [5, 5.41) is 11.6. The van der Waals surface area contributed by atoms with Crippen LogP contribution in [0.2, 0.25) is 10.0 Å². The molecule has 0 atom stereocenters. The highest BCUT2D eigenvalue weighted by Gasteiger charge is 2.12. The molecular formula is C16H14Cl2N2O4. The number of halogens is 2. The molecule has 0 aromatic heterocycles. The molecule has 24 heavy (non-hydrogen) atoms. The van der Waals surface area contributed by atoms with E-state index >= 15 is 0 Å². The third kappa shape index (κ3) is 4.84. The number of non-ortho nitro benzene ring substituents is 1.